The van der Waals surface area contributed by atoms with E-state index in [1.807, 2.05) is 24.3 Å². The third kappa shape index (κ3) is 8.56. The summed E-state index contributed by atoms with van der Waals surface area (Å²) < 4.78 is 12.1. The van der Waals surface area contributed by atoms with E-state index in [9.17, 15) is 0 Å². The average molecular weight is 454 g/mol. The molecule has 0 aromatic heterocycles. The van der Waals surface area contributed by atoms with E-state index >= 15 is 0 Å². The van der Waals surface area contributed by atoms with Crippen molar-refractivity contribution in [3.05, 3.63) is 48.5 Å². The van der Waals surface area contributed by atoms with E-state index in [1.54, 1.807) is 0 Å². The number of hydrogen-bond donors (Lipinski definition) is 1. The lowest BCUT2D eigenvalue weighted by Crippen LogP contribution is -2.37. The minimum Gasteiger partial charge on any atom is -0.493 e. The third-order valence-electron chi connectivity index (χ3n) is 6.67. The molecule has 0 aliphatic carbocycles. The monoisotopic (exact) mass is 453 g/mol. The molecule has 2 aromatic carbocycles. The summed E-state index contributed by atoms with van der Waals surface area (Å²) >= 11 is 0. The van der Waals surface area contributed by atoms with Crippen molar-refractivity contribution in [3.8, 4) is 11.5 Å². The molecule has 1 aliphatic heterocycles. The van der Waals surface area contributed by atoms with Crippen LogP contribution in [0.3, 0.4) is 0 Å². The summed E-state index contributed by atoms with van der Waals surface area (Å²) in [6.07, 6.45) is 8.47. The van der Waals surface area contributed by atoms with Gasteiger partial charge in [-0.1, -0.05) is 31.9 Å². The van der Waals surface area contributed by atoms with Gasteiger partial charge in [0.1, 0.15) is 11.5 Å². The van der Waals surface area contributed by atoms with Crippen molar-refractivity contribution in [1.29, 1.82) is 0 Å². The Balaban J connectivity index is 1.48. The minimum absolute atomic E-state index is 0.567. The fourth-order valence-corrected chi connectivity index (χ4v) is 4.62. The first-order valence-electron chi connectivity index (χ1n) is 12.6. The fraction of sp³-hybridized carbons (Fsp3) is 0.571. The number of anilines is 2. The van der Waals surface area contributed by atoms with Crippen LogP contribution in [0, 0.1) is 0 Å². The largest absolute Gasteiger partial charge is 0.493 e. The van der Waals surface area contributed by atoms with Crippen molar-refractivity contribution in [2.24, 2.45) is 0 Å². The molecule has 2 unspecified atom stereocenters. The lowest BCUT2D eigenvalue weighted by atomic mass is 10.0. The zero-order valence-corrected chi connectivity index (χ0v) is 21.1. The van der Waals surface area contributed by atoms with Gasteiger partial charge < -0.3 is 24.6 Å². The standard InChI is InChI=1S/C28H43N3O2/c1-5-10-25(30(2)3)16-19-32-27-14-8-11-23(21-27)29-24-12-9-15-28(22-24)33-20-17-26-13-6-7-18-31(26)4/h8-9,11-12,14-15,21-22,25-26,29H,5-7,10,13,16-20H2,1-4H3. The van der Waals surface area contributed by atoms with Crippen LogP contribution in [0.25, 0.3) is 0 Å². The van der Waals surface area contributed by atoms with Crippen LogP contribution >= 0.6 is 0 Å². The van der Waals surface area contributed by atoms with Crippen LogP contribution in [0.5, 0.6) is 11.5 Å². The van der Waals surface area contributed by atoms with Gasteiger partial charge in [0, 0.05) is 35.6 Å². The lowest BCUT2D eigenvalue weighted by Gasteiger charge is -2.32. The van der Waals surface area contributed by atoms with Crippen LogP contribution in [0.1, 0.15) is 51.9 Å². The Morgan fingerprint density at radius 1 is 0.970 bits per heavy atom. The van der Waals surface area contributed by atoms with Gasteiger partial charge in [-0.25, -0.2) is 0 Å². The maximum absolute atomic E-state index is 6.08. The topological polar surface area (TPSA) is 37.0 Å². The van der Waals surface area contributed by atoms with E-state index in [0.29, 0.717) is 12.1 Å². The highest BCUT2D eigenvalue weighted by atomic mass is 16.5. The number of rotatable bonds is 13. The Bertz CT molecular complexity index is 775. The summed E-state index contributed by atoms with van der Waals surface area (Å²) in [6.45, 7) is 4.93. The van der Waals surface area contributed by atoms with Crippen molar-refractivity contribution in [1.82, 2.24) is 9.80 Å². The molecule has 0 amide bonds. The molecule has 0 saturated carbocycles. The van der Waals surface area contributed by atoms with Crippen LogP contribution in [-0.4, -0.2) is 62.8 Å². The molecule has 0 spiro atoms. The first kappa shape index (κ1) is 25.4. The highest BCUT2D eigenvalue weighted by Gasteiger charge is 2.18. The highest BCUT2D eigenvalue weighted by molar-refractivity contribution is 5.62. The van der Waals surface area contributed by atoms with Gasteiger partial charge in [0.15, 0.2) is 0 Å². The summed E-state index contributed by atoms with van der Waals surface area (Å²) in [7, 11) is 6.53. The van der Waals surface area contributed by atoms with Gasteiger partial charge >= 0.3 is 0 Å². The molecule has 0 bridgehead atoms. The van der Waals surface area contributed by atoms with E-state index in [1.165, 1.54) is 38.6 Å². The molecule has 0 radical (unpaired) electrons. The molecule has 2 atom stereocenters. The molecule has 33 heavy (non-hydrogen) atoms. The molecule has 1 aliphatic rings. The predicted molar refractivity (Wildman–Crippen MR) is 139 cm³/mol. The van der Waals surface area contributed by atoms with Gasteiger partial charge in [-0.3, -0.25) is 0 Å². The number of ether oxygens (including phenoxy) is 2. The number of nitrogens with one attached hydrogen (secondary N) is 1. The number of benzene rings is 2. The number of hydrogen-bond acceptors (Lipinski definition) is 5. The molecule has 2 aromatic rings. The van der Waals surface area contributed by atoms with E-state index in [2.05, 4.69) is 67.4 Å². The van der Waals surface area contributed by atoms with Crippen LogP contribution in [0.2, 0.25) is 0 Å². The second-order valence-corrected chi connectivity index (χ2v) is 9.49. The maximum Gasteiger partial charge on any atom is 0.121 e. The minimum atomic E-state index is 0.567. The van der Waals surface area contributed by atoms with Crippen molar-refractivity contribution in [2.45, 2.75) is 64.0 Å². The smallest absolute Gasteiger partial charge is 0.121 e. The average Bonchev–Trinajstić information content (AvgIpc) is 2.80. The summed E-state index contributed by atoms with van der Waals surface area (Å²) in [5.74, 6) is 1.81. The molecule has 1 N–H and O–H groups in total. The van der Waals surface area contributed by atoms with Crippen molar-refractivity contribution < 1.29 is 9.47 Å². The van der Waals surface area contributed by atoms with Crippen molar-refractivity contribution in [3.63, 3.8) is 0 Å². The van der Waals surface area contributed by atoms with E-state index in [-0.39, 0.29) is 0 Å². The number of nitrogens with zero attached hydrogens (tertiary/aromatic N) is 2. The van der Waals surface area contributed by atoms with E-state index in [0.717, 1.165) is 48.9 Å². The molecule has 182 valence electrons. The Labute approximate surface area is 201 Å². The van der Waals surface area contributed by atoms with Gasteiger partial charge in [-0.2, -0.15) is 0 Å². The molecular weight excluding hydrogens is 410 g/mol. The second-order valence-electron chi connectivity index (χ2n) is 9.49. The molecular formula is C28H43N3O2. The maximum atomic E-state index is 6.08. The van der Waals surface area contributed by atoms with Crippen LogP contribution in [0.15, 0.2) is 48.5 Å². The summed E-state index contributed by atoms with van der Waals surface area (Å²) in [6, 6.07) is 17.6. The van der Waals surface area contributed by atoms with E-state index < -0.39 is 0 Å². The van der Waals surface area contributed by atoms with Crippen LogP contribution in [-0.2, 0) is 0 Å². The zero-order valence-electron chi connectivity index (χ0n) is 21.1. The Morgan fingerprint density at radius 3 is 2.24 bits per heavy atom. The molecule has 1 saturated heterocycles. The van der Waals surface area contributed by atoms with Crippen molar-refractivity contribution in [2.75, 3.05) is 46.2 Å². The van der Waals surface area contributed by atoms with Crippen LogP contribution < -0.4 is 14.8 Å². The van der Waals surface area contributed by atoms with Gasteiger partial charge in [0.05, 0.1) is 13.2 Å². The van der Waals surface area contributed by atoms with Gasteiger partial charge in [0.2, 0.25) is 0 Å². The molecule has 3 rings (SSSR count). The highest BCUT2D eigenvalue weighted by Crippen LogP contribution is 2.25. The van der Waals surface area contributed by atoms with Gasteiger partial charge in [-0.05, 0) is 84.1 Å². The molecule has 5 heteroatoms. The Morgan fingerprint density at radius 2 is 1.64 bits per heavy atom. The molecule has 1 fully saturated rings. The summed E-state index contributed by atoms with van der Waals surface area (Å²) in [5.41, 5.74) is 2.04. The zero-order chi connectivity index (χ0) is 23.5. The summed E-state index contributed by atoms with van der Waals surface area (Å²) in [4.78, 5) is 4.78. The van der Waals surface area contributed by atoms with E-state index in [4.69, 9.17) is 9.47 Å². The fourth-order valence-electron chi connectivity index (χ4n) is 4.62. The molecule has 1 heterocycles. The SMILES string of the molecule is CCCC(CCOc1cccc(Nc2cccc(OCCC3CCCCN3C)c2)c1)N(C)C. The third-order valence-corrected chi connectivity index (χ3v) is 6.67. The first-order valence-corrected chi connectivity index (χ1v) is 12.6. The predicted octanol–water partition coefficient (Wildman–Crippen LogP) is 6.18. The lowest BCUT2D eigenvalue weighted by molar-refractivity contribution is 0.153. The van der Waals surface area contributed by atoms with Crippen LogP contribution in [0.4, 0.5) is 11.4 Å². The number of piperidine rings is 1. The van der Waals surface area contributed by atoms with Gasteiger partial charge in [-0.15, -0.1) is 0 Å². The Hall–Kier alpha value is -2.24. The molecule has 5 nitrogen and oxygen atoms in total. The number of likely N-dealkylation sites (tertiary alicyclic amines) is 1. The van der Waals surface area contributed by atoms with Crippen molar-refractivity contribution >= 4 is 11.4 Å². The Kier molecular flexibility index (Phi) is 10.4. The second kappa shape index (κ2) is 13.5. The van der Waals surface area contributed by atoms with Gasteiger partial charge in [0.25, 0.3) is 0 Å². The first-order chi connectivity index (χ1) is 16.0. The quantitative estimate of drug-likeness (QED) is 0.392. The summed E-state index contributed by atoms with van der Waals surface area (Å²) in [5, 5.41) is 3.49. The normalized spacial score (nSPS) is 17.7.